The van der Waals surface area contributed by atoms with Crippen molar-refractivity contribution in [2.45, 2.75) is 38.6 Å². The summed E-state index contributed by atoms with van der Waals surface area (Å²) in [6.07, 6.45) is 1.10. The second kappa shape index (κ2) is 2.91. The van der Waals surface area contributed by atoms with E-state index in [4.69, 9.17) is 0 Å². The third kappa shape index (κ3) is 1.57. The van der Waals surface area contributed by atoms with E-state index >= 15 is 0 Å². The van der Waals surface area contributed by atoms with E-state index in [-0.39, 0.29) is 5.54 Å². The number of anilines is 1. The molecule has 1 aliphatic rings. The molecule has 1 aromatic carbocycles. The quantitative estimate of drug-likeness (QED) is 0.618. The molecule has 0 radical (unpaired) electrons. The molecule has 76 valence electrons. The smallest absolute Gasteiger partial charge is 0.116 e. The number of fused-ring (bicyclic) bond motifs is 1. The second-order valence-corrected chi connectivity index (χ2v) is 4.89. The summed E-state index contributed by atoms with van der Waals surface area (Å²) in [7, 11) is 0. The summed E-state index contributed by atoms with van der Waals surface area (Å²) in [4.78, 5) is 0. The van der Waals surface area contributed by atoms with Gasteiger partial charge in [0.1, 0.15) is 5.75 Å². The molecule has 2 rings (SSSR count). The first-order valence-corrected chi connectivity index (χ1v) is 5.09. The van der Waals surface area contributed by atoms with Gasteiger partial charge in [-0.25, -0.2) is 0 Å². The van der Waals surface area contributed by atoms with Gasteiger partial charge >= 0.3 is 0 Å². The molecule has 2 heteroatoms. The predicted octanol–water partition coefficient (Wildman–Crippen LogP) is 3.09. The van der Waals surface area contributed by atoms with Crippen molar-refractivity contribution in [1.82, 2.24) is 0 Å². The Kier molecular flexibility index (Phi) is 1.95. The first-order valence-electron chi connectivity index (χ1n) is 5.09. The minimum atomic E-state index is 0.156. The van der Waals surface area contributed by atoms with Crippen LogP contribution in [0.1, 0.15) is 38.7 Å². The van der Waals surface area contributed by atoms with E-state index in [0.29, 0.717) is 11.7 Å². The number of hydrogen-bond donors (Lipinski definition) is 2. The van der Waals surface area contributed by atoms with E-state index in [2.05, 4.69) is 26.1 Å². The normalized spacial score (nSPS) is 23.8. The van der Waals surface area contributed by atoms with Crippen LogP contribution in [0.5, 0.6) is 5.75 Å². The Balaban J connectivity index is 2.45. The van der Waals surface area contributed by atoms with Gasteiger partial charge in [0.25, 0.3) is 0 Å². The molecule has 0 saturated carbocycles. The maximum atomic E-state index is 9.41. The molecular weight excluding hydrogens is 174 g/mol. The molecule has 2 N–H and O–H groups in total. The van der Waals surface area contributed by atoms with Gasteiger partial charge in [-0.15, -0.1) is 0 Å². The Morgan fingerprint density at radius 3 is 2.86 bits per heavy atom. The van der Waals surface area contributed by atoms with Crippen molar-refractivity contribution < 1.29 is 5.11 Å². The molecule has 0 fully saturated rings. The number of phenolic OH excluding ortho intramolecular Hbond substituents is 1. The van der Waals surface area contributed by atoms with E-state index in [1.54, 1.807) is 6.07 Å². The SMILES string of the molecule is C[C@@H]1CC(C)(C)Nc2ccc(O)cc21. The van der Waals surface area contributed by atoms with Crippen molar-refractivity contribution in [3.63, 3.8) is 0 Å². The monoisotopic (exact) mass is 191 g/mol. The van der Waals surface area contributed by atoms with E-state index in [1.807, 2.05) is 12.1 Å². The first-order chi connectivity index (χ1) is 6.48. The second-order valence-electron chi connectivity index (χ2n) is 4.89. The summed E-state index contributed by atoms with van der Waals surface area (Å²) < 4.78 is 0. The molecule has 0 aromatic heterocycles. The molecule has 14 heavy (non-hydrogen) atoms. The standard InChI is InChI=1S/C12H17NO/c1-8-7-12(2,3)13-11-5-4-9(14)6-10(8)11/h4-6,8,13-14H,7H2,1-3H3/t8-/m1/s1. The van der Waals surface area contributed by atoms with Crippen LogP contribution in [0.15, 0.2) is 18.2 Å². The number of phenols is 1. The number of aromatic hydroxyl groups is 1. The highest BCUT2D eigenvalue weighted by atomic mass is 16.3. The Morgan fingerprint density at radius 1 is 1.43 bits per heavy atom. The van der Waals surface area contributed by atoms with Crippen molar-refractivity contribution in [3.8, 4) is 5.75 Å². The molecule has 0 saturated heterocycles. The third-order valence-electron chi connectivity index (χ3n) is 2.86. The van der Waals surface area contributed by atoms with Crippen LogP contribution in [0.4, 0.5) is 5.69 Å². The molecule has 1 aromatic rings. The fraction of sp³-hybridized carbons (Fsp3) is 0.500. The summed E-state index contributed by atoms with van der Waals surface area (Å²) in [6, 6.07) is 5.56. The third-order valence-corrected chi connectivity index (χ3v) is 2.86. The van der Waals surface area contributed by atoms with Crippen LogP contribution in [0.25, 0.3) is 0 Å². The van der Waals surface area contributed by atoms with Gasteiger partial charge in [-0.3, -0.25) is 0 Å². The largest absolute Gasteiger partial charge is 0.508 e. The van der Waals surface area contributed by atoms with Crippen LogP contribution in [-0.4, -0.2) is 10.6 Å². The summed E-state index contributed by atoms with van der Waals surface area (Å²) in [5, 5.41) is 12.9. The van der Waals surface area contributed by atoms with Crippen molar-refractivity contribution >= 4 is 5.69 Å². The van der Waals surface area contributed by atoms with Crippen LogP contribution in [0, 0.1) is 0 Å². The Morgan fingerprint density at radius 2 is 2.14 bits per heavy atom. The lowest BCUT2D eigenvalue weighted by Crippen LogP contribution is -2.36. The van der Waals surface area contributed by atoms with E-state index in [1.165, 1.54) is 5.56 Å². The van der Waals surface area contributed by atoms with Gasteiger partial charge in [-0.2, -0.15) is 0 Å². The molecule has 0 spiro atoms. The van der Waals surface area contributed by atoms with Crippen LogP contribution in [0.3, 0.4) is 0 Å². The molecule has 1 aliphatic heterocycles. The molecule has 0 unspecified atom stereocenters. The van der Waals surface area contributed by atoms with Crippen molar-refractivity contribution in [3.05, 3.63) is 23.8 Å². The van der Waals surface area contributed by atoms with E-state index in [9.17, 15) is 5.11 Å². The van der Waals surface area contributed by atoms with E-state index in [0.717, 1.165) is 12.1 Å². The topological polar surface area (TPSA) is 32.3 Å². The lowest BCUT2D eigenvalue weighted by molar-refractivity contribution is 0.446. The maximum Gasteiger partial charge on any atom is 0.116 e. The summed E-state index contributed by atoms with van der Waals surface area (Å²) >= 11 is 0. The molecular formula is C12H17NO. The minimum absolute atomic E-state index is 0.156. The zero-order chi connectivity index (χ0) is 10.3. The number of benzene rings is 1. The Bertz CT molecular complexity index is 357. The highest BCUT2D eigenvalue weighted by Gasteiger charge is 2.28. The van der Waals surface area contributed by atoms with Gasteiger partial charge in [0.05, 0.1) is 0 Å². The van der Waals surface area contributed by atoms with Gasteiger partial charge in [-0.05, 0) is 49.9 Å². The zero-order valence-corrected chi connectivity index (χ0v) is 8.96. The molecule has 2 nitrogen and oxygen atoms in total. The van der Waals surface area contributed by atoms with Gasteiger partial charge in [0.2, 0.25) is 0 Å². The van der Waals surface area contributed by atoms with Crippen molar-refractivity contribution in [1.29, 1.82) is 0 Å². The lowest BCUT2D eigenvalue weighted by Gasteiger charge is -2.37. The summed E-state index contributed by atoms with van der Waals surface area (Å²) in [5.41, 5.74) is 2.54. The molecule has 1 atom stereocenters. The van der Waals surface area contributed by atoms with Crippen LogP contribution >= 0.6 is 0 Å². The fourth-order valence-electron chi connectivity index (χ4n) is 2.36. The average Bonchev–Trinajstić information content (AvgIpc) is 2.05. The lowest BCUT2D eigenvalue weighted by atomic mass is 9.82. The van der Waals surface area contributed by atoms with Crippen LogP contribution < -0.4 is 5.32 Å². The summed E-state index contributed by atoms with van der Waals surface area (Å²) in [5.74, 6) is 0.866. The highest BCUT2D eigenvalue weighted by molar-refractivity contribution is 5.59. The Labute approximate surface area is 85.0 Å². The minimum Gasteiger partial charge on any atom is -0.508 e. The predicted molar refractivity (Wildman–Crippen MR) is 58.8 cm³/mol. The molecule has 1 heterocycles. The first kappa shape index (κ1) is 9.38. The maximum absolute atomic E-state index is 9.41. The van der Waals surface area contributed by atoms with Crippen molar-refractivity contribution in [2.75, 3.05) is 5.32 Å². The van der Waals surface area contributed by atoms with Crippen LogP contribution in [0.2, 0.25) is 0 Å². The average molecular weight is 191 g/mol. The number of rotatable bonds is 0. The number of nitrogens with one attached hydrogen (secondary N) is 1. The summed E-state index contributed by atoms with van der Waals surface area (Å²) in [6.45, 7) is 6.62. The molecule has 0 aliphatic carbocycles. The van der Waals surface area contributed by atoms with Gasteiger partial charge in [0.15, 0.2) is 0 Å². The number of hydrogen-bond acceptors (Lipinski definition) is 2. The van der Waals surface area contributed by atoms with E-state index < -0.39 is 0 Å². The Hall–Kier alpha value is -1.18. The highest BCUT2D eigenvalue weighted by Crippen LogP contribution is 2.39. The van der Waals surface area contributed by atoms with Crippen molar-refractivity contribution in [2.24, 2.45) is 0 Å². The molecule has 0 amide bonds. The zero-order valence-electron chi connectivity index (χ0n) is 8.96. The van der Waals surface area contributed by atoms with Gasteiger partial charge in [0, 0.05) is 11.2 Å². The van der Waals surface area contributed by atoms with Gasteiger partial charge in [-0.1, -0.05) is 6.92 Å². The molecule has 0 bridgehead atoms. The van der Waals surface area contributed by atoms with Crippen LogP contribution in [-0.2, 0) is 0 Å². The van der Waals surface area contributed by atoms with Gasteiger partial charge < -0.3 is 10.4 Å². The fourth-order valence-corrected chi connectivity index (χ4v) is 2.36.